The second-order valence-corrected chi connectivity index (χ2v) is 7.04. The van der Waals surface area contributed by atoms with Gasteiger partial charge in [-0.1, -0.05) is 6.92 Å². The van der Waals surface area contributed by atoms with E-state index in [0.717, 1.165) is 48.9 Å². The number of hydrogen-bond acceptors (Lipinski definition) is 7. The van der Waals surface area contributed by atoms with Gasteiger partial charge in [0.05, 0.1) is 30.0 Å². The first-order valence-corrected chi connectivity index (χ1v) is 9.48. The van der Waals surface area contributed by atoms with Crippen molar-refractivity contribution in [3.05, 3.63) is 41.9 Å². The number of rotatable bonds is 4. The van der Waals surface area contributed by atoms with Crippen molar-refractivity contribution in [2.75, 3.05) is 29.9 Å². The summed E-state index contributed by atoms with van der Waals surface area (Å²) >= 11 is 0. The first kappa shape index (κ1) is 18.3. The monoisotopic (exact) mass is 380 g/mol. The van der Waals surface area contributed by atoms with Crippen molar-refractivity contribution in [1.29, 1.82) is 0 Å². The Balaban J connectivity index is 1.48. The molecule has 146 valence electrons. The average molecular weight is 380 g/mol. The fourth-order valence-corrected chi connectivity index (χ4v) is 3.42. The summed E-state index contributed by atoms with van der Waals surface area (Å²) in [6, 6.07) is 0.453. The molecule has 28 heavy (non-hydrogen) atoms. The number of carbonyl (C=O) groups excluding carboxylic acids is 1. The van der Waals surface area contributed by atoms with E-state index in [9.17, 15) is 4.79 Å². The summed E-state index contributed by atoms with van der Waals surface area (Å²) in [4.78, 5) is 32.3. The van der Waals surface area contributed by atoms with Gasteiger partial charge < -0.3 is 19.9 Å². The van der Waals surface area contributed by atoms with Crippen LogP contribution >= 0.6 is 0 Å². The van der Waals surface area contributed by atoms with E-state index in [1.807, 2.05) is 24.4 Å². The number of piperazine rings is 1. The van der Waals surface area contributed by atoms with Gasteiger partial charge in [-0.2, -0.15) is 0 Å². The fourth-order valence-electron chi connectivity index (χ4n) is 3.42. The summed E-state index contributed by atoms with van der Waals surface area (Å²) < 4.78 is 1.86. The molecule has 9 heteroatoms. The number of aromatic nitrogens is 5. The van der Waals surface area contributed by atoms with Gasteiger partial charge >= 0.3 is 0 Å². The van der Waals surface area contributed by atoms with Gasteiger partial charge in [-0.15, -0.1) is 0 Å². The molecular weight excluding hydrogens is 356 g/mol. The third-order valence-corrected chi connectivity index (χ3v) is 4.91. The summed E-state index contributed by atoms with van der Waals surface area (Å²) in [7, 11) is 0. The average Bonchev–Trinajstić information content (AvgIpc) is 3.09. The van der Waals surface area contributed by atoms with E-state index < -0.39 is 0 Å². The zero-order chi connectivity index (χ0) is 19.7. The summed E-state index contributed by atoms with van der Waals surface area (Å²) in [5.41, 5.74) is 2.68. The Morgan fingerprint density at radius 3 is 2.86 bits per heavy atom. The van der Waals surface area contributed by atoms with E-state index in [0.29, 0.717) is 11.9 Å². The topological polar surface area (TPSA) is 100 Å². The quantitative estimate of drug-likeness (QED) is 0.709. The Kier molecular flexibility index (Phi) is 4.91. The van der Waals surface area contributed by atoms with Crippen molar-refractivity contribution >= 4 is 23.2 Å². The molecule has 3 aromatic heterocycles. The van der Waals surface area contributed by atoms with Crippen LogP contribution in [0.15, 0.2) is 24.8 Å². The lowest BCUT2D eigenvalue weighted by atomic mass is 10.1. The largest absolute Gasteiger partial charge is 0.353 e. The van der Waals surface area contributed by atoms with Crippen LogP contribution in [0.4, 0.5) is 11.6 Å². The Labute approximate surface area is 163 Å². The van der Waals surface area contributed by atoms with Crippen LogP contribution in [0.1, 0.15) is 35.2 Å². The summed E-state index contributed by atoms with van der Waals surface area (Å²) in [6.45, 7) is 8.64. The van der Waals surface area contributed by atoms with Crippen LogP contribution in [0.25, 0.3) is 5.65 Å². The Morgan fingerprint density at radius 1 is 1.25 bits per heavy atom. The highest BCUT2D eigenvalue weighted by molar-refractivity contribution is 6.02. The highest BCUT2D eigenvalue weighted by Gasteiger charge is 2.20. The number of nitrogens with zero attached hydrogens (tertiary/aromatic N) is 6. The highest BCUT2D eigenvalue weighted by Crippen LogP contribution is 2.15. The molecule has 0 radical (unpaired) electrons. The lowest BCUT2D eigenvalue weighted by Gasteiger charge is -2.33. The third kappa shape index (κ3) is 3.65. The van der Waals surface area contributed by atoms with Crippen molar-refractivity contribution < 1.29 is 4.79 Å². The van der Waals surface area contributed by atoms with Crippen molar-refractivity contribution in [3.8, 4) is 0 Å². The number of hydrogen-bond donors (Lipinski definition) is 2. The third-order valence-electron chi connectivity index (χ3n) is 4.91. The zero-order valence-corrected chi connectivity index (χ0v) is 16.3. The second kappa shape index (κ2) is 7.51. The van der Waals surface area contributed by atoms with E-state index in [4.69, 9.17) is 0 Å². The lowest BCUT2D eigenvalue weighted by molar-refractivity contribution is 0.102. The maximum absolute atomic E-state index is 12.6. The van der Waals surface area contributed by atoms with Gasteiger partial charge in [0.25, 0.3) is 5.91 Å². The van der Waals surface area contributed by atoms with Crippen LogP contribution in [-0.2, 0) is 0 Å². The van der Waals surface area contributed by atoms with E-state index >= 15 is 0 Å². The molecule has 0 aromatic carbocycles. The molecular formula is C19H24N8O. The van der Waals surface area contributed by atoms with Crippen LogP contribution in [0.5, 0.6) is 0 Å². The zero-order valence-electron chi connectivity index (χ0n) is 16.3. The number of imidazole rings is 1. The number of aryl methyl sites for hydroxylation is 2. The number of amides is 1. The van der Waals surface area contributed by atoms with E-state index in [1.165, 1.54) is 6.20 Å². The molecule has 3 aromatic rings. The van der Waals surface area contributed by atoms with Crippen LogP contribution in [-0.4, -0.2) is 55.9 Å². The van der Waals surface area contributed by atoms with E-state index in [-0.39, 0.29) is 11.6 Å². The Hall–Kier alpha value is -3.07. The summed E-state index contributed by atoms with van der Waals surface area (Å²) in [5.74, 6) is 0.904. The maximum atomic E-state index is 12.6. The molecule has 4 heterocycles. The number of carbonyl (C=O) groups is 1. The SMILES string of the molecule is CC[C@H]1CN(c2cnc(C(=O)Nc3cn4cc(C)nc4c(C)n3)cn2)CCN1. The molecule has 0 unspecified atom stereocenters. The molecule has 4 rings (SSSR count). The van der Waals surface area contributed by atoms with Crippen molar-refractivity contribution in [2.45, 2.75) is 33.2 Å². The van der Waals surface area contributed by atoms with Gasteiger partial charge in [-0.3, -0.25) is 4.79 Å². The summed E-state index contributed by atoms with van der Waals surface area (Å²) in [6.07, 6.45) is 7.88. The highest BCUT2D eigenvalue weighted by atomic mass is 16.1. The van der Waals surface area contributed by atoms with Crippen LogP contribution in [0.3, 0.4) is 0 Å². The first-order chi connectivity index (χ1) is 13.5. The second-order valence-electron chi connectivity index (χ2n) is 7.04. The van der Waals surface area contributed by atoms with Gasteiger partial charge in [0, 0.05) is 31.9 Å². The Morgan fingerprint density at radius 2 is 2.11 bits per heavy atom. The molecule has 0 spiro atoms. The molecule has 1 saturated heterocycles. The normalized spacial score (nSPS) is 17.1. The molecule has 1 aliphatic rings. The molecule has 0 saturated carbocycles. The van der Waals surface area contributed by atoms with E-state index in [2.05, 4.69) is 42.4 Å². The number of anilines is 2. The minimum absolute atomic E-state index is 0.257. The number of nitrogens with one attached hydrogen (secondary N) is 2. The van der Waals surface area contributed by atoms with Crippen molar-refractivity contribution in [1.82, 2.24) is 29.7 Å². The van der Waals surface area contributed by atoms with Gasteiger partial charge in [-0.05, 0) is 20.3 Å². The van der Waals surface area contributed by atoms with Gasteiger partial charge in [0.1, 0.15) is 17.3 Å². The van der Waals surface area contributed by atoms with Crippen LogP contribution in [0.2, 0.25) is 0 Å². The molecule has 9 nitrogen and oxygen atoms in total. The number of fused-ring (bicyclic) bond motifs is 1. The molecule has 1 atom stereocenters. The first-order valence-electron chi connectivity index (χ1n) is 9.48. The molecule has 2 N–H and O–H groups in total. The van der Waals surface area contributed by atoms with Crippen LogP contribution < -0.4 is 15.5 Å². The predicted molar refractivity (Wildman–Crippen MR) is 107 cm³/mol. The summed E-state index contributed by atoms with van der Waals surface area (Å²) in [5, 5.41) is 6.27. The fraction of sp³-hybridized carbons (Fsp3) is 0.421. The minimum Gasteiger partial charge on any atom is -0.353 e. The molecule has 0 aliphatic carbocycles. The van der Waals surface area contributed by atoms with Crippen molar-refractivity contribution in [2.24, 2.45) is 0 Å². The maximum Gasteiger partial charge on any atom is 0.277 e. The smallest absolute Gasteiger partial charge is 0.277 e. The van der Waals surface area contributed by atoms with Crippen molar-refractivity contribution in [3.63, 3.8) is 0 Å². The predicted octanol–water partition coefficient (Wildman–Crippen LogP) is 1.58. The van der Waals surface area contributed by atoms with Crippen LogP contribution in [0, 0.1) is 13.8 Å². The van der Waals surface area contributed by atoms with E-state index in [1.54, 1.807) is 12.4 Å². The molecule has 1 amide bonds. The molecule has 1 aliphatic heterocycles. The van der Waals surface area contributed by atoms with Gasteiger partial charge in [0.2, 0.25) is 0 Å². The van der Waals surface area contributed by atoms with Gasteiger partial charge in [0.15, 0.2) is 5.65 Å². The lowest BCUT2D eigenvalue weighted by Crippen LogP contribution is -2.50. The Bertz CT molecular complexity index is 997. The molecule has 1 fully saturated rings. The minimum atomic E-state index is -0.339. The van der Waals surface area contributed by atoms with Gasteiger partial charge in [-0.25, -0.2) is 19.9 Å². The molecule has 0 bridgehead atoms. The standard InChI is InChI=1S/C19H24N8O/c1-4-14-10-26(6-5-20-14)17-8-21-15(7-22-17)19(28)25-16-11-27-9-12(2)23-18(27)13(3)24-16/h7-9,11,14,20H,4-6,10H2,1-3H3,(H,25,28)/t14-/m0/s1.